The molecule has 2 aliphatic rings. The van der Waals surface area contributed by atoms with Gasteiger partial charge in [-0.05, 0) is 87.2 Å². The molecular formula is C28H39N3O2S. The fourth-order valence-corrected chi connectivity index (χ4v) is 6.25. The zero-order valence-electron chi connectivity index (χ0n) is 21.1. The van der Waals surface area contributed by atoms with Crippen LogP contribution in [0.5, 0.6) is 0 Å². The summed E-state index contributed by atoms with van der Waals surface area (Å²) in [6.07, 6.45) is 6.08. The second-order valence-corrected chi connectivity index (χ2v) is 11.4. The number of anilines is 1. The van der Waals surface area contributed by atoms with E-state index in [1.165, 1.54) is 31.3 Å². The van der Waals surface area contributed by atoms with Crippen molar-refractivity contribution >= 4 is 28.6 Å². The van der Waals surface area contributed by atoms with E-state index in [1.807, 2.05) is 43.3 Å². The van der Waals surface area contributed by atoms with E-state index in [2.05, 4.69) is 24.9 Å². The van der Waals surface area contributed by atoms with Gasteiger partial charge in [0.25, 0.3) is 0 Å². The zero-order chi connectivity index (χ0) is 24.2. The Labute approximate surface area is 208 Å². The number of thiophene rings is 1. The Morgan fingerprint density at radius 3 is 2.56 bits per heavy atom. The highest BCUT2D eigenvalue weighted by Crippen LogP contribution is 2.43. The number of hydrogen-bond donors (Lipinski definition) is 1. The van der Waals surface area contributed by atoms with E-state index < -0.39 is 0 Å². The molecule has 1 saturated carbocycles. The van der Waals surface area contributed by atoms with Gasteiger partial charge in [0.05, 0.1) is 0 Å². The molecule has 0 radical (unpaired) electrons. The summed E-state index contributed by atoms with van der Waals surface area (Å²) in [5, 5.41) is 0. The summed E-state index contributed by atoms with van der Waals surface area (Å²) in [5.74, 6) is 1.24. The molecule has 0 amide bonds. The zero-order valence-corrected chi connectivity index (χ0v) is 21.9. The summed E-state index contributed by atoms with van der Waals surface area (Å²) in [5.41, 5.74) is 11.8. The first kappa shape index (κ1) is 25.0. The molecule has 34 heavy (non-hydrogen) atoms. The fourth-order valence-electron chi connectivity index (χ4n) is 5.16. The van der Waals surface area contributed by atoms with Crippen molar-refractivity contribution < 1.29 is 9.53 Å². The van der Waals surface area contributed by atoms with Crippen LogP contribution in [0.4, 0.5) is 5.69 Å². The number of hydrogen-bond acceptors (Lipinski definition) is 6. The molecule has 0 atom stereocenters. The first-order chi connectivity index (χ1) is 16.3. The van der Waals surface area contributed by atoms with Crippen molar-refractivity contribution in [3.63, 3.8) is 0 Å². The number of nitrogens with zero attached hydrogens (tertiary/aromatic N) is 2. The van der Waals surface area contributed by atoms with Gasteiger partial charge in [-0.25, -0.2) is 4.79 Å². The third kappa shape index (κ3) is 5.91. The van der Waals surface area contributed by atoms with Crippen molar-refractivity contribution in [1.82, 2.24) is 9.80 Å². The Kier molecular flexibility index (Phi) is 8.12. The molecule has 1 aromatic heterocycles. The molecule has 0 bridgehead atoms. The molecule has 2 aromatic rings. The van der Waals surface area contributed by atoms with Crippen LogP contribution in [0.2, 0.25) is 0 Å². The molecular weight excluding hydrogens is 442 g/mol. The molecule has 6 heteroatoms. The molecule has 1 aromatic carbocycles. The minimum atomic E-state index is -0.202. The predicted octanol–water partition coefficient (Wildman–Crippen LogP) is 5.63. The van der Waals surface area contributed by atoms with Crippen LogP contribution in [-0.2, 0) is 4.74 Å². The lowest BCUT2D eigenvalue weighted by Crippen LogP contribution is -2.31. The van der Waals surface area contributed by atoms with Crippen LogP contribution in [0.1, 0.15) is 54.3 Å². The molecule has 1 fully saturated rings. The number of likely N-dealkylation sites (N-methyl/N-ethyl adjacent to an activating group) is 2. The molecule has 2 heterocycles. The van der Waals surface area contributed by atoms with Crippen LogP contribution in [-0.4, -0.2) is 63.2 Å². The van der Waals surface area contributed by atoms with Crippen LogP contribution >= 0.6 is 11.3 Å². The third-order valence-electron chi connectivity index (χ3n) is 7.29. The fraction of sp³-hybridized carbons (Fsp3) is 0.536. The molecule has 1 aliphatic carbocycles. The number of esters is 1. The van der Waals surface area contributed by atoms with Gasteiger partial charge in [0, 0.05) is 35.8 Å². The van der Waals surface area contributed by atoms with Gasteiger partial charge in [-0.2, -0.15) is 0 Å². The highest BCUT2D eigenvalue weighted by molar-refractivity contribution is 7.17. The minimum Gasteiger partial charge on any atom is -0.460 e. The van der Waals surface area contributed by atoms with Crippen LogP contribution in [0, 0.1) is 11.8 Å². The average Bonchev–Trinajstić information content (AvgIpc) is 3.25. The lowest BCUT2D eigenvalue weighted by atomic mass is 9.75. The molecule has 0 unspecified atom stereocenters. The number of ether oxygens (including phenoxy) is 1. The Balaban J connectivity index is 1.74. The maximum absolute atomic E-state index is 13.3. The average molecular weight is 482 g/mol. The first-order valence-electron chi connectivity index (χ1n) is 12.5. The second kappa shape index (κ2) is 11.1. The van der Waals surface area contributed by atoms with E-state index in [1.54, 1.807) is 16.9 Å². The molecule has 5 nitrogen and oxygen atoms in total. The standard InChI is InChI=1S/C28H39N3O2S/c1-19-5-7-20(8-6-19)25-18-31(4)14-13-23(25)24-17-26(21-9-11-22(29)12-10-21)34-27(24)28(32)33-16-15-30(2)3/h9-12,17,19-20H,5-8,13-16,18,29H2,1-4H3. The molecule has 0 saturated heterocycles. The summed E-state index contributed by atoms with van der Waals surface area (Å²) >= 11 is 1.55. The number of carbonyl (C=O) groups excluding carboxylic acids is 1. The van der Waals surface area contributed by atoms with Crippen molar-refractivity contribution in [2.24, 2.45) is 11.8 Å². The van der Waals surface area contributed by atoms with Gasteiger partial charge in [0.15, 0.2) is 0 Å². The Morgan fingerprint density at radius 2 is 1.88 bits per heavy atom. The lowest BCUT2D eigenvalue weighted by molar-refractivity contribution is 0.0487. The molecule has 4 rings (SSSR count). The maximum Gasteiger partial charge on any atom is 0.349 e. The summed E-state index contributed by atoms with van der Waals surface area (Å²) in [6.45, 7) is 5.50. The van der Waals surface area contributed by atoms with Gasteiger partial charge in [-0.15, -0.1) is 11.3 Å². The normalized spacial score (nSPS) is 21.8. The van der Waals surface area contributed by atoms with E-state index in [0.29, 0.717) is 12.5 Å². The van der Waals surface area contributed by atoms with E-state index in [4.69, 9.17) is 10.5 Å². The number of carbonyl (C=O) groups is 1. The minimum absolute atomic E-state index is 0.202. The molecule has 0 spiro atoms. The smallest absolute Gasteiger partial charge is 0.349 e. The molecule has 184 valence electrons. The highest BCUT2D eigenvalue weighted by Gasteiger charge is 2.30. The van der Waals surface area contributed by atoms with Gasteiger partial charge >= 0.3 is 5.97 Å². The Bertz CT molecular complexity index is 1020. The van der Waals surface area contributed by atoms with Gasteiger partial charge in [0.2, 0.25) is 0 Å². The Hall–Kier alpha value is -2.15. The molecule has 2 N–H and O–H groups in total. The van der Waals surface area contributed by atoms with E-state index in [-0.39, 0.29) is 5.97 Å². The lowest BCUT2D eigenvalue weighted by Gasteiger charge is -2.35. The van der Waals surface area contributed by atoms with Crippen molar-refractivity contribution in [1.29, 1.82) is 0 Å². The van der Waals surface area contributed by atoms with Gasteiger partial charge in [-0.1, -0.05) is 31.9 Å². The quantitative estimate of drug-likeness (QED) is 0.410. The second-order valence-electron chi connectivity index (χ2n) is 10.4. The highest BCUT2D eigenvalue weighted by atomic mass is 32.1. The number of rotatable bonds is 7. The molecule has 1 aliphatic heterocycles. The SMILES string of the molecule is CC1CCC(C2=C(c3cc(-c4ccc(N)cc4)sc3C(=O)OCCN(C)C)CCN(C)C2)CC1. The largest absolute Gasteiger partial charge is 0.460 e. The van der Waals surface area contributed by atoms with Crippen molar-refractivity contribution in [3.8, 4) is 10.4 Å². The van der Waals surface area contributed by atoms with Crippen LogP contribution < -0.4 is 5.73 Å². The van der Waals surface area contributed by atoms with Gasteiger partial charge in [-0.3, -0.25) is 0 Å². The van der Waals surface area contributed by atoms with Crippen LogP contribution in [0.25, 0.3) is 16.0 Å². The monoisotopic (exact) mass is 481 g/mol. The maximum atomic E-state index is 13.3. The number of nitrogens with two attached hydrogens (primary N) is 1. The topological polar surface area (TPSA) is 58.8 Å². The van der Waals surface area contributed by atoms with Gasteiger partial charge < -0.3 is 20.3 Å². The summed E-state index contributed by atoms with van der Waals surface area (Å²) in [4.78, 5) is 19.6. The van der Waals surface area contributed by atoms with Crippen LogP contribution in [0.15, 0.2) is 35.9 Å². The summed E-state index contributed by atoms with van der Waals surface area (Å²) in [7, 11) is 6.20. The summed E-state index contributed by atoms with van der Waals surface area (Å²) < 4.78 is 5.73. The van der Waals surface area contributed by atoms with E-state index in [9.17, 15) is 4.79 Å². The van der Waals surface area contributed by atoms with Crippen LogP contribution in [0.3, 0.4) is 0 Å². The van der Waals surface area contributed by atoms with Crippen molar-refractivity contribution in [3.05, 3.63) is 46.3 Å². The first-order valence-corrected chi connectivity index (χ1v) is 13.4. The Morgan fingerprint density at radius 1 is 1.18 bits per heavy atom. The van der Waals surface area contributed by atoms with E-state index in [0.717, 1.165) is 58.5 Å². The predicted molar refractivity (Wildman–Crippen MR) is 143 cm³/mol. The van der Waals surface area contributed by atoms with Crippen molar-refractivity contribution in [2.75, 3.05) is 53.1 Å². The van der Waals surface area contributed by atoms with Gasteiger partial charge in [0.1, 0.15) is 11.5 Å². The van der Waals surface area contributed by atoms with E-state index >= 15 is 0 Å². The summed E-state index contributed by atoms with van der Waals surface area (Å²) in [6, 6.07) is 10.2. The van der Waals surface area contributed by atoms with Crippen molar-refractivity contribution in [2.45, 2.75) is 39.0 Å². The third-order valence-corrected chi connectivity index (χ3v) is 8.45. The number of nitrogen functional groups attached to an aromatic ring is 1. The number of benzene rings is 1.